The monoisotopic (exact) mass is 217 g/mol. The maximum absolute atomic E-state index is 11.3. The van der Waals surface area contributed by atoms with E-state index >= 15 is 0 Å². The zero-order valence-corrected chi connectivity index (χ0v) is 9.27. The Morgan fingerprint density at radius 1 is 1.50 bits per heavy atom. The summed E-state index contributed by atoms with van der Waals surface area (Å²) in [5.41, 5.74) is 0.960. The molecule has 1 aromatic carbocycles. The molecule has 3 heteroatoms. The van der Waals surface area contributed by atoms with Crippen molar-refractivity contribution in [3.63, 3.8) is 0 Å². The topological polar surface area (TPSA) is 38.3 Å². The molecule has 0 aromatic heterocycles. The smallest absolute Gasteiger partial charge is 0.407 e. The van der Waals surface area contributed by atoms with Gasteiger partial charge in [-0.2, -0.15) is 0 Å². The van der Waals surface area contributed by atoms with Gasteiger partial charge in [0.15, 0.2) is 0 Å². The molecular weight excluding hydrogens is 202 g/mol. The fourth-order valence-corrected chi connectivity index (χ4v) is 1.19. The molecule has 0 fully saturated rings. The Bertz CT molecular complexity index is 367. The van der Waals surface area contributed by atoms with Crippen molar-refractivity contribution in [2.24, 2.45) is 0 Å². The summed E-state index contributed by atoms with van der Waals surface area (Å²) < 4.78 is 5.03. The van der Waals surface area contributed by atoms with Crippen LogP contribution in [0.2, 0.25) is 0 Å². The second-order valence-electron chi connectivity index (χ2n) is 3.52. The third-order valence-corrected chi connectivity index (χ3v) is 2.00. The maximum Gasteiger partial charge on any atom is 0.407 e. The Morgan fingerprint density at radius 3 is 2.81 bits per heavy atom. The van der Waals surface area contributed by atoms with Crippen LogP contribution in [0.5, 0.6) is 0 Å². The Labute approximate surface area is 95.8 Å². The van der Waals surface area contributed by atoms with Crippen molar-refractivity contribution < 1.29 is 9.53 Å². The van der Waals surface area contributed by atoms with Crippen LogP contribution in [-0.2, 0) is 11.3 Å². The number of hydrogen-bond acceptors (Lipinski definition) is 2. The second-order valence-corrected chi connectivity index (χ2v) is 3.52. The normalized spacial score (nSPS) is 11.2. The van der Waals surface area contributed by atoms with Gasteiger partial charge in [-0.05, 0) is 12.5 Å². The Balaban J connectivity index is 2.28. The van der Waals surface area contributed by atoms with Gasteiger partial charge in [0.25, 0.3) is 0 Å². The molecule has 0 saturated heterocycles. The molecule has 84 valence electrons. The molecule has 16 heavy (non-hydrogen) atoms. The summed E-state index contributed by atoms with van der Waals surface area (Å²) in [4.78, 5) is 11.3. The van der Waals surface area contributed by atoms with Crippen LogP contribution in [0.3, 0.4) is 0 Å². The third-order valence-electron chi connectivity index (χ3n) is 2.00. The van der Waals surface area contributed by atoms with Crippen molar-refractivity contribution in [1.82, 2.24) is 5.32 Å². The Hall–Kier alpha value is -1.95. The van der Waals surface area contributed by atoms with Crippen molar-refractivity contribution in [3.8, 4) is 12.3 Å². The van der Waals surface area contributed by atoms with Crippen LogP contribution in [0, 0.1) is 12.3 Å². The number of nitrogens with one attached hydrogen (secondary N) is 1. The summed E-state index contributed by atoms with van der Waals surface area (Å²) in [5.74, 6) is 2.48. The first kappa shape index (κ1) is 12.1. The molecule has 0 spiro atoms. The van der Waals surface area contributed by atoms with Gasteiger partial charge in [-0.25, -0.2) is 4.79 Å². The highest BCUT2D eigenvalue weighted by molar-refractivity contribution is 5.67. The minimum absolute atomic E-state index is 0.0618. The van der Waals surface area contributed by atoms with E-state index in [2.05, 4.69) is 11.2 Å². The highest BCUT2D eigenvalue weighted by Crippen LogP contribution is 2.00. The lowest BCUT2D eigenvalue weighted by Gasteiger charge is -2.11. The van der Waals surface area contributed by atoms with Crippen molar-refractivity contribution in [2.45, 2.75) is 26.0 Å². The number of rotatable bonds is 4. The predicted octanol–water partition coefficient (Wildman–Crippen LogP) is 2.32. The standard InChI is InChI=1S/C13H15NO2/c1-3-7-11(2)14-13(15)16-10-12-8-5-4-6-9-12/h1,4-6,8-9,11H,7,10H2,2H3,(H,14,15)/t11-/m1/s1. The van der Waals surface area contributed by atoms with E-state index in [9.17, 15) is 4.79 Å². The molecule has 1 atom stereocenters. The first-order valence-electron chi connectivity index (χ1n) is 5.13. The van der Waals surface area contributed by atoms with Crippen LogP contribution in [0.15, 0.2) is 30.3 Å². The summed E-state index contributed by atoms with van der Waals surface area (Å²) in [6.07, 6.45) is 5.19. The Morgan fingerprint density at radius 2 is 2.19 bits per heavy atom. The van der Waals surface area contributed by atoms with E-state index < -0.39 is 6.09 Å². The SMILES string of the molecule is C#CC[C@@H](C)NC(=O)OCc1ccccc1. The molecule has 0 unspecified atom stereocenters. The van der Waals surface area contributed by atoms with Crippen LogP contribution in [0.1, 0.15) is 18.9 Å². The van der Waals surface area contributed by atoms with E-state index in [1.54, 1.807) is 0 Å². The summed E-state index contributed by atoms with van der Waals surface area (Å²) in [7, 11) is 0. The lowest BCUT2D eigenvalue weighted by Crippen LogP contribution is -2.32. The maximum atomic E-state index is 11.3. The number of ether oxygens (including phenoxy) is 1. The molecule has 0 aliphatic heterocycles. The molecule has 3 nitrogen and oxygen atoms in total. The number of carbonyl (C=O) groups is 1. The van der Waals surface area contributed by atoms with E-state index in [-0.39, 0.29) is 12.6 Å². The number of amides is 1. The van der Waals surface area contributed by atoms with Gasteiger partial charge >= 0.3 is 6.09 Å². The van der Waals surface area contributed by atoms with Crippen molar-refractivity contribution >= 4 is 6.09 Å². The molecule has 1 amide bonds. The van der Waals surface area contributed by atoms with E-state index in [1.807, 2.05) is 37.3 Å². The fourth-order valence-electron chi connectivity index (χ4n) is 1.19. The van der Waals surface area contributed by atoms with Gasteiger partial charge in [-0.15, -0.1) is 12.3 Å². The van der Waals surface area contributed by atoms with Gasteiger partial charge < -0.3 is 10.1 Å². The van der Waals surface area contributed by atoms with Crippen molar-refractivity contribution in [3.05, 3.63) is 35.9 Å². The van der Waals surface area contributed by atoms with Gasteiger partial charge in [-0.3, -0.25) is 0 Å². The van der Waals surface area contributed by atoms with Gasteiger partial charge in [0.1, 0.15) is 6.61 Å². The molecule has 0 saturated carbocycles. The van der Waals surface area contributed by atoms with Crippen LogP contribution < -0.4 is 5.32 Å². The first-order valence-corrected chi connectivity index (χ1v) is 5.13. The van der Waals surface area contributed by atoms with E-state index in [0.29, 0.717) is 6.42 Å². The summed E-state index contributed by atoms with van der Waals surface area (Å²) in [5, 5.41) is 2.65. The van der Waals surface area contributed by atoms with E-state index in [0.717, 1.165) is 5.56 Å². The molecule has 1 rings (SSSR count). The van der Waals surface area contributed by atoms with Crippen LogP contribution in [-0.4, -0.2) is 12.1 Å². The number of carbonyl (C=O) groups excluding carboxylic acids is 1. The minimum atomic E-state index is -0.438. The molecule has 0 aliphatic rings. The van der Waals surface area contributed by atoms with Crippen LogP contribution in [0.25, 0.3) is 0 Å². The average Bonchev–Trinajstić information content (AvgIpc) is 2.28. The molecule has 1 aromatic rings. The van der Waals surface area contributed by atoms with Gasteiger partial charge in [0, 0.05) is 12.5 Å². The molecule has 0 bridgehead atoms. The highest BCUT2D eigenvalue weighted by atomic mass is 16.5. The van der Waals surface area contributed by atoms with E-state index in [4.69, 9.17) is 11.2 Å². The second kappa shape index (κ2) is 6.52. The summed E-state index contributed by atoms with van der Waals surface area (Å²) in [6.45, 7) is 2.11. The third kappa shape index (κ3) is 4.52. The molecular formula is C13H15NO2. The molecule has 1 N–H and O–H groups in total. The summed E-state index contributed by atoms with van der Waals surface area (Å²) in [6, 6.07) is 9.46. The van der Waals surface area contributed by atoms with Crippen molar-refractivity contribution in [2.75, 3.05) is 0 Å². The number of terminal acetylenes is 1. The zero-order valence-electron chi connectivity index (χ0n) is 9.27. The van der Waals surface area contributed by atoms with Gasteiger partial charge in [0.05, 0.1) is 0 Å². The first-order chi connectivity index (χ1) is 7.72. The van der Waals surface area contributed by atoms with Crippen LogP contribution >= 0.6 is 0 Å². The number of alkyl carbamates (subject to hydrolysis) is 1. The average molecular weight is 217 g/mol. The number of hydrogen-bond donors (Lipinski definition) is 1. The molecule has 0 heterocycles. The minimum Gasteiger partial charge on any atom is -0.445 e. The lowest BCUT2D eigenvalue weighted by molar-refractivity contribution is 0.136. The zero-order chi connectivity index (χ0) is 11.8. The lowest BCUT2D eigenvalue weighted by atomic mass is 10.2. The van der Waals surface area contributed by atoms with Crippen LogP contribution in [0.4, 0.5) is 4.79 Å². The highest BCUT2D eigenvalue weighted by Gasteiger charge is 2.06. The summed E-state index contributed by atoms with van der Waals surface area (Å²) >= 11 is 0. The Kier molecular flexibility index (Phi) is 4.94. The fraction of sp³-hybridized carbons (Fsp3) is 0.308. The predicted molar refractivity (Wildman–Crippen MR) is 62.7 cm³/mol. The number of benzene rings is 1. The van der Waals surface area contributed by atoms with E-state index in [1.165, 1.54) is 0 Å². The van der Waals surface area contributed by atoms with Gasteiger partial charge in [0.2, 0.25) is 0 Å². The molecule has 0 aliphatic carbocycles. The quantitative estimate of drug-likeness (QED) is 0.786. The largest absolute Gasteiger partial charge is 0.445 e. The van der Waals surface area contributed by atoms with Gasteiger partial charge in [-0.1, -0.05) is 30.3 Å². The van der Waals surface area contributed by atoms with Crippen molar-refractivity contribution in [1.29, 1.82) is 0 Å². The molecule has 0 radical (unpaired) electrons.